The molecule has 6 rings (SSSR count). The number of nitrogens with one attached hydrogen (secondary N) is 1. The van der Waals surface area contributed by atoms with Gasteiger partial charge in [0.2, 0.25) is 5.95 Å². The minimum atomic E-state index is -0.0230. The van der Waals surface area contributed by atoms with Crippen molar-refractivity contribution in [2.75, 3.05) is 42.5 Å². The lowest BCUT2D eigenvalue weighted by molar-refractivity contribution is 0.369. The van der Waals surface area contributed by atoms with Gasteiger partial charge in [-0.15, -0.1) is 0 Å². The molecule has 5 heteroatoms. The van der Waals surface area contributed by atoms with Gasteiger partial charge in [-0.3, -0.25) is 0 Å². The zero-order chi connectivity index (χ0) is 24.0. The normalized spacial score (nSPS) is 22.1. The molecule has 3 aromatic rings. The fourth-order valence-corrected chi connectivity index (χ4v) is 6.14. The van der Waals surface area contributed by atoms with Crippen LogP contribution in [-0.4, -0.2) is 42.7 Å². The monoisotopic (exact) mass is 467 g/mol. The Kier molecular flexibility index (Phi) is 5.56. The number of fused-ring (bicyclic) bond motifs is 1. The smallest absolute Gasteiger partial charge is 0.225 e. The van der Waals surface area contributed by atoms with Crippen LogP contribution in [0.1, 0.15) is 54.6 Å². The zero-order valence-electron chi connectivity index (χ0n) is 21.3. The Balaban J connectivity index is 1.18. The molecule has 3 aliphatic heterocycles. The van der Waals surface area contributed by atoms with E-state index in [1.165, 1.54) is 46.5 Å². The van der Waals surface area contributed by atoms with Crippen LogP contribution in [0, 0.1) is 12.3 Å². The number of hydrogen-bond donors (Lipinski definition) is 1. The molecular formula is C30H37N5. The van der Waals surface area contributed by atoms with Gasteiger partial charge in [0.1, 0.15) is 0 Å². The summed E-state index contributed by atoms with van der Waals surface area (Å²) in [7, 11) is 0. The van der Waals surface area contributed by atoms with Crippen molar-refractivity contribution in [3.05, 3.63) is 82.7 Å². The molecule has 182 valence electrons. The van der Waals surface area contributed by atoms with E-state index in [0.717, 1.165) is 51.6 Å². The van der Waals surface area contributed by atoms with Gasteiger partial charge in [0.15, 0.2) is 0 Å². The van der Waals surface area contributed by atoms with E-state index in [0.29, 0.717) is 5.41 Å². The van der Waals surface area contributed by atoms with Gasteiger partial charge in [0, 0.05) is 48.9 Å². The summed E-state index contributed by atoms with van der Waals surface area (Å²) in [5, 5.41) is 3.55. The van der Waals surface area contributed by atoms with Crippen molar-refractivity contribution in [3.8, 4) is 0 Å². The maximum Gasteiger partial charge on any atom is 0.225 e. The Bertz CT molecular complexity index is 1190. The number of aryl methyl sites for hydroxylation is 1. The van der Waals surface area contributed by atoms with Gasteiger partial charge in [-0.05, 0) is 61.6 Å². The standard InChI is InChI=1S/C30H37N5/c1-22-4-6-24(7-5-22)29(2,3)25-8-10-26(11-9-25)34-16-12-23-18-32-28(33-27(23)19-34)35-17-14-30(21-35)13-15-31-20-30/h4-11,18,31H,12-17,19-21H2,1-3H3. The van der Waals surface area contributed by atoms with Crippen molar-refractivity contribution < 1.29 is 0 Å². The summed E-state index contributed by atoms with van der Waals surface area (Å²) in [5.74, 6) is 0.921. The van der Waals surface area contributed by atoms with Crippen LogP contribution in [0.3, 0.4) is 0 Å². The van der Waals surface area contributed by atoms with Crippen LogP contribution in [0.25, 0.3) is 0 Å². The van der Waals surface area contributed by atoms with E-state index < -0.39 is 0 Å². The number of aromatic nitrogens is 2. The number of anilines is 2. The minimum Gasteiger partial charge on any atom is -0.365 e. The highest BCUT2D eigenvalue weighted by Gasteiger charge is 2.41. The Morgan fingerprint density at radius 2 is 1.66 bits per heavy atom. The minimum absolute atomic E-state index is 0.0230. The van der Waals surface area contributed by atoms with Gasteiger partial charge in [0.25, 0.3) is 0 Å². The average molecular weight is 468 g/mol. The van der Waals surface area contributed by atoms with Gasteiger partial charge in [0.05, 0.1) is 12.2 Å². The molecule has 3 aliphatic rings. The lowest BCUT2D eigenvalue weighted by atomic mass is 9.78. The van der Waals surface area contributed by atoms with E-state index >= 15 is 0 Å². The topological polar surface area (TPSA) is 44.3 Å². The van der Waals surface area contributed by atoms with E-state index in [4.69, 9.17) is 9.97 Å². The first-order valence-electron chi connectivity index (χ1n) is 13.2. The molecule has 1 N–H and O–H groups in total. The first-order chi connectivity index (χ1) is 16.9. The third kappa shape index (κ3) is 4.20. The number of benzene rings is 2. The molecule has 0 radical (unpaired) electrons. The van der Waals surface area contributed by atoms with Crippen LogP contribution in [0.4, 0.5) is 11.6 Å². The van der Waals surface area contributed by atoms with E-state index in [1.54, 1.807) is 0 Å². The summed E-state index contributed by atoms with van der Waals surface area (Å²) in [4.78, 5) is 14.7. The van der Waals surface area contributed by atoms with Crippen LogP contribution in [0.2, 0.25) is 0 Å². The third-order valence-electron chi connectivity index (χ3n) is 8.71. The van der Waals surface area contributed by atoms with Gasteiger partial charge in [-0.1, -0.05) is 55.8 Å². The molecule has 4 heterocycles. The number of nitrogens with zero attached hydrogens (tertiary/aromatic N) is 4. The predicted molar refractivity (Wildman–Crippen MR) is 143 cm³/mol. The quantitative estimate of drug-likeness (QED) is 0.593. The molecule has 1 aromatic heterocycles. The molecule has 1 atom stereocenters. The lowest BCUT2D eigenvalue weighted by Crippen LogP contribution is -2.33. The van der Waals surface area contributed by atoms with Crippen molar-refractivity contribution in [1.29, 1.82) is 0 Å². The van der Waals surface area contributed by atoms with E-state index in [-0.39, 0.29) is 5.41 Å². The SMILES string of the molecule is Cc1ccc(C(C)(C)c2ccc(N3CCc4cnc(N5CCC6(CCNC6)C5)nc4C3)cc2)cc1. The van der Waals surface area contributed by atoms with Gasteiger partial charge >= 0.3 is 0 Å². The van der Waals surface area contributed by atoms with Crippen LogP contribution in [0.15, 0.2) is 54.7 Å². The van der Waals surface area contributed by atoms with Crippen LogP contribution in [0.5, 0.6) is 0 Å². The summed E-state index contributed by atoms with van der Waals surface area (Å²) in [6, 6.07) is 18.1. The second-order valence-corrected chi connectivity index (χ2v) is 11.4. The van der Waals surface area contributed by atoms with Crippen molar-refractivity contribution in [1.82, 2.24) is 15.3 Å². The predicted octanol–water partition coefficient (Wildman–Crippen LogP) is 4.86. The number of rotatable bonds is 4. The lowest BCUT2D eigenvalue weighted by Gasteiger charge is -2.32. The molecule has 5 nitrogen and oxygen atoms in total. The molecule has 35 heavy (non-hydrogen) atoms. The number of hydrogen-bond acceptors (Lipinski definition) is 5. The first-order valence-corrected chi connectivity index (χ1v) is 13.2. The maximum atomic E-state index is 5.08. The highest BCUT2D eigenvalue weighted by Crippen LogP contribution is 2.38. The Morgan fingerprint density at radius 1 is 0.914 bits per heavy atom. The molecule has 0 aliphatic carbocycles. The zero-order valence-corrected chi connectivity index (χ0v) is 21.3. The van der Waals surface area contributed by atoms with E-state index in [9.17, 15) is 0 Å². The van der Waals surface area contributed by atoms with Crippen molar-refractivity contribution in [2.45, 2.75) is 52.0 Å². The summed E-state index contributed by atoms with van der Waals surface area (Å²) >= 11 is 0. The molecule has 2 saturated heterocycles. The molecule has 0 amide bonds. The highest BCUT2D eigenvalue weighted by molar-refractivity contribution is 5.52. The summed E-state index contributed by atoms with van der Waals surface area (Å²) in [5.41, 5.74) is 8.17. The van der Waals surface area contributed by atoms with Crippen LogP contribution in [-0.2, 0) is 18.4 Å². The second-order valence-electron chi connectivity index (χ2n) is 11.4. The maximum absolute atomic E-state index is 5.08. The average Bonchev–Trinajstić information content (AvgIpc) is 3.53. The third-order valence-corrected chi connectivity index (χ3v) is 8.71. The highest BCUT2D eigenvalue weighted by atomic mass is 15.3. The summed E-state index contributed by atoms with van der Waals surface area (Å²) in [6.45, 7) is 13.1. The Hall–Kier alpha value is -2.92. The molecule has 1 spiro atoms. The molecule has 0 bridgehead atoms. The largest absolute Gasteiger partial charge is 0.365 e. The molecular weight excluding hydrogens is 430 g/mol. The van der Waals surface area contributed by atoms with E-state index in [2.05, 4.69) is 90.6 Å². The van der Waals surface area contributed by atoms with E-state index in [1.807, 2.05) is 0 Å². The summed E-state index contributed by atoms with van der Waals surface area (Å²) in [6.07, 6.45) is 5.61. The van der Waals surface area contributed by atoms with Gasteiger partial charge < -0.3 is 15.1 Å². The Labute approximate surface area is 209 Å². The molecule has 2 aromatic carbocycles. The fourth-order valence-electron chi connectivity index (χ4n) is 6.14. The van der Waals surface area contributed by atoms with Gasteiger partial charge in [-0.2, -0.15) is 0 Å². The fraction of sp³-hybridized carbons (Fsp3) is 0.467. The summed E-state index contributed by atoms with van der Waals surface area (Å²) < 4.78 is 0. The molecule has 0 saturated carbocycles. The van der Waals surface area contributed by atoms with Crippen molar-refractivity contribution in [2.24, 2.45) is 5.41 Å². The first kappa shape index (κ1) is 22.5. The molecule has 1 unspecified atom stereocenters. The van der Waals surface area contributed by atoms with Crippen LogP contribution >= 0.6 is 0 Å². The van der Waals surface area contributed by atoms with Gasteiger partial charge in [-0.25, -0.2) is 9.97 Å². The van der Waals surface area contributed by atoms with Crippen LogP contribution < -0.4 is 15.1 Å². The van der Waals surface area contributed by atoms with Crippen molar-refractivity contribution in [3.63, 3.8) is 0 Å². The second kappa shape index (κ2) is 8.63. The van der Waals surface area contributed by atoms with Crippen molar-refractivity contribution >= 4 is 11.6 Å². The Morgan fingerprint density at radius 3 is 2.37 bits per heavy atom. The molecule has 2 fully saturated rings.